The van der Waals surface area contributed by atoms with E-state index in [1.54, 1.807) is 6.07 Å². The number of rotatable bonds is 1. The summed E-state index contributed by atoms with van der Waals surface area (Å²) in [4.78, 5) is 3.99. The molecule has 2 aromatic heterocycles. The van der Waals surface area contributed by atoms with Crippen molar-refractivity contribution in [3.8, 4) is 11.1 Å². The standard InChI is InChI=1S/C14H11F3N4/c1-8-3-2-4-9(5-8)10-7-19-21-11(14(15,16)17)6-12(18)20-13(10)21/h2-7H,1H3,(H2,18,20). The van der Waals surface area contributed by atoms with Crippen molar-refractivity contribution in [3.05, 3.63) is 47.8 Å². The van der Waals surface area contributed by atoms with Crippen molar-refractivity contribution in [2.24, 2.45) is 0 Å². The first-order chi connectivity index (χ1) is 9.86. The predicted molar refractivity (Wildman–Crippen MR) is 72.6 cm³/mol. The van der Waals surface area contributed by atoms with Crippen LogP contribution in [0.5, 0.6) is 0 Å². The van der Waals surface area contributed by atoms with Gasteiger partial charge in [0.05, 0.1) is 6.20 Å². The number of nitrogens with two attached hydrogens (primary N) is 1. The molecule has 4 nitrogen and oxygen atoms in total. The topological polar surface area (TPSA) is 56.2 Å². The van der Waals surface area contributed by atoms with Gasteiger partial charge in [-0.3, -0.25) is 0 Å². The quantitative estimate of drug-likeness (QED) is 0.748. The minimum atomic E-state index is -4.55. The Bertz CT molecular complexity index is 821. The zero-order chi connectivity index (χ0) is 15.2. The number of hydrogen-bond donors (Lipinski definition) is 1. The van der Waals surface area contributed by atoms with Crippen molar-refractivity contribution in [1.82, 2.24) is 14.6 Å². The third kappa shape index (κ3) is 2.31. The van der Waals surface area contributed by atoms with Crippen LogP contribution in [0.15, 0.2) is 36.5 Å². The van der Waals surface area contributed by atoms with Crippen LogP contribution < -0.4 is 5.73 Å². The summed E-state index contributed by atoms with van der Waals surface area (Å²) in [6.45, 7) is 1.90. The van der Waals surface area contributed by atoms with Crippen molar-refractivity contribution in [3.63, 3.8) is 0 Å². The van der Waals surface area contributed by atoms with Gasteiger partial charge in [-0.15, -0.1) is 0 Å². The van der Waals surface area contributed by atoms with Crippen LogP contribution in [0.1, 0.15) is 11.3 Å². The number of aromatic nitrogens is 3. The molecule has 0 spiro atoms. The van der Waals surface area contributed by atoms with Gasteiger partial charge in [-0.2, -0.15) is 18.3 Å². The zero-order valence-corrected chi connectivity index (χ0v) is 11.0. The van der Waals surface area contributed by atoms with E-state index in [-0.39, 0.29) is 11.5 Å². The first-order valence-corrected chi connectivity index (χ1v) is 6.15. The van der Waals surface area contributed by atoms with E-state index in [1.165, 1.54) is 6.20 Å². The lowest BCUT2D eigenvalue weighted by Gasteiger charge is -2.09. The molecule has 0 unspecified atom stereocenters. The minimum Gasteiger partial charge on any atom is -0.384 e. The third-order valence-corrected chi connectivity index (χ3v) is 3.11. The van der Waals surface area contributed by atoms with E-state index in [9.17, 15) is 13.2 Å². The van der Waals surface area contributed by atoms with Crippen LogP contribution in [-0.4, -0.2) is 14.6 Å². The van der Waals surface area contributed by atoms with Crippen molar-refractivity contribution < 1.29 is 13.2 Å². The van der Waals surface area contributed by atoms with Gasteiger partial charge in [-0.05, 0) is 12.5 Å². The highest BCUT2D eigenvalue weighted by molar-refractivity contribution is 5.78. The number of hydrogen-bond acceptors (Lipinski definition) is 3. The molecule has 0 radical (unpaired) electrons. The number of aryl methyl sites for hydroxylation is 1. The smallest absolute Gasteiger partial charge is 0.384 e. The Morgan fingerprint density at radius 3 is 2.62 bits per heavy atom. The summed E-state index contributed by atoms with van der Waals surface area (Å²) < 4.78 is 39.9. The van der Waals surface area contributed by atoms with E-state index in [2.05, 4.69) is 10.1 Å². The number of anilines is 1. The van der Waals surface area contributed by atoms with Crippen LogP contribution in [0.3, 0.4) is 0 Å². The average Bonchev–Trinajstić information content (AvgIpc) is 2.80. The van der Waals surface area contributed by atoms with E-state index in [0.717, 1.165) is 21.7 Å². The van der Waals surface area contributed by atoms with E-state index in [1.807, 2.05) is 25.1 Å². The summed E-state index contributed by atoms with van der Waals surface area (Å²) in [6.07, 6.45) is -3.18. The van der Waals surface area contributed by atoms with Gasteiger partial charge in [0.25, 0.3) is 0 Å². The van der Waals surface area contributed by atoms with E-state index in [0.29, 0.717) is 5.56 Å². The minimum absolute atomic E-state index is 0.0907. The zero-order valence-electron chi connectivity index (χ0n) is 11.0. The molecular formula is C14H11F3N4. The normalized spacial score (nSPS) is 12.0. The monoisotopic (exact) mass is 292 g/mol. The molecule has 0 bridgehead atoms. The van der Waals surface area contributed by atoms with Gasteiger partial charge in [-0.25, -0.2) is 9.50 Å². The second-order valence-corrected chi connectivity index (χ2v) is 4.73. The molecule has 0 saturated heterocycles. The van der Waals surface area contributed by atoms with Gasteiger partial charge in [-0.1, -0.05) is 29.8 Å². The molecule has 21 heavy (non-hydrogen) atoms. The first-order valence-electron chi connectivity index (χ1n) is 6.15. The summed E-state index contributed by atoms with van der Waals surface area (Å²) in [5.41, 5.74) is 6.90. The molecule has 0 fully saturated rings. The fourth-order valence-electron chi connectivity index (χ4n) is 2.20. The summed E-state index contributed by atoms with van der Waals surface area (Å²) in [7, 11) is 0. The number of nitrogens with zero attached hydrogens (tertiary/aromatic N) is 3. The van der Waals surface area contributed by atoms with Crippen molar-refractivity contribution >= 4 is 11.5 Å². The van der Waals surface area contributed by atoms with Crippen LogP contribution in [-0.2, 0) is 6.18 Å². The average molecular weight is 292 g/mol. The Morgan fingerprint density at radius 1 is 1.19 bits per heavy atom. The largest absolute Gasteiger partial charge is 0.433 e. The summed E-state index contributed by atoms with van der Waals surface area (Å²) in [6, 6.07) is 8.15. The lowest BCUT2D eigenvalue weighted by molar-refractivity contribution is -0.142. The van der Waals surface area contributed by atoms with Gasteiger partial charge >= 0.3 is 6.18 Å². The number of halogens is 3. The van der Waals surface area contributed by atoms with Crippen LogP contribution >= 0.6 is 0 Å². The van der Waals surface area contributed by atoms with Crippen LogP contribution in [0.4, 0.5) is 19.0 Å². The van der Waals surface area contributed by atoms with Crippen LogP contribution in [0.2, 0.25) is 0 Å². The predicted octanol–water partition coefficient (Wildman–Crippen LogP) is 3.31. The Balaban J connectivity index is 2.30. The number of benzene rings is 1. The van der Waals surface area contributed by atoms with Gasteiger partial charge < -0.3 is 5.73 Å². The molecular weight excluding hydrogens is 281 g/mol. The Morgan fingerprint density at radius 2 is 1.95 bits per heavy atom. The third-order valence-electron chi connectivity index (χ3n) is 3.11. The highest BCUT2D eigenvalue weighted by Gasteiger charge is 2.35. The van der Waals surface area contributed by atoms with E-state index < -0.39 is 11.9 Å². The molecule has 3 rings (SSSR count). The number of alkyl halides is 3. The van der Waals surface area contributed by atoms with Gasteiger partial charge in [0.15, 0.2) is 11.3 Å². The number of fused-ring (bicyclic) bond motifs is 1. The van der Waals surface area contributed by atoms with Crippen molar-refractivity contribution in [2.45, 2.75) is 13.1 Å². The molecule has 0 amide bonds. The van der Waals surface area contributed by atoms with Crippen molar-refractivity contribution in [1.29, 1.82) is 0 Å². The fourth-order valence-corrected chi connectivity index (χ4v) is 2.20. The Labute approximate surface area is 118 Å². The highest BCUT2D eigenvalue weighted by Crippen LogP contribution is 2.33. The van der Waals surface area contributed by atoms with E-state index in [4.69, 9.17) is 5.73 Å². The summed E-state index contributed by atoms with van der Waals surface area (Å²) in [5.74, 6) is -0.191. The molecule has 1 aromatic carbocycles. The summed E-state index contributed by atoms with van der Waals surface area (Å²) >= 11 is 0. The SMILES string of the molecule is Cc1cccc(-c2cnn3c(C(F)(F)F)cc(N)nc23)c1. The van der Waals surface area contributed by atoms with Gasteiger partial charge in [0, 0.05) is 11.6 Å². The Hall–Kier alpha value is -2.57. The second-order valence-electron chi connectivity index (χ2n) is 4.73. The van der Waals surface area contributed by atoms with Crippen LogP contribution in [0, 0.1) is 6.92 Å². The maximum atomic E-state index is 13.0. The molecule has 108 valence electrons. The molecule has 0 saturated carbocycles. The molecule has 0 aliphatic heterocycles. The lowest BCUT2D eigenvalue weighted by atomic mass is 10.1. The van der Waals surface area contributed by atoms with Crippen molar-refractivity contribution in [2.75, 3.05) is 5.73 Å². The lowest BCUT2D eigenvalue weighted by Crippen LogP contribution is -2.14. The molecule has 7 heteroatoms. The first kappa shape index (κ1) is 13.4. The van der Waals surface area contributed by atoms with Gasteiger partial charge in [0.1, 0.15) is 5.82 Å². The molecule has 2 heterocycles. The van der Waals surface area contributed by atoms with Gasteiger partial charge in [0.2, 0.25) is 0 Å². The highest BCUT2D eigenvalue weighted by atomic mass is 19.4. The molecule has 0 atom stereocenters. The molecule has 0 aliphatic rings. The van der Waals surface area contributed by atoms with Crippen LogP contribution in [0.25, 0.3) is 16.8 Å². The number of nitrogen functional groups attached to an aromatic ring is 1. The van der Waals surface area contributed by atoms with E-state index >= 15 is 0 Å². The molecule has 3 aromatic rings. The second kappa shape index (κ2) is 4.47. The maximum absolute atomic E-state index is 13.0. The summed E-state index contributed by atoms with van der Waals surface area (Å²) in [5, 5.41) is 3.81. The fraction of sp³-hybridized carbons (Fsp3) is 0.143. The maximum Gasteiger partial charge on any atom is 0.433 e. The molecule has 0 aliphatic carbocycles. The molecule has 2 N–H and O–H groups in total. The Kier molecular flexibility index (Phi) is 2.86.